The standard InChI is InChI=1S/C18H28N2O/c1-2-17-12-19-18(16-6-4-3-5-7-16)13-20(17)10-11-21-14-15-8-9-15/h3-7,15,17-19H,2,8-14H2,1H3. The van der Waals surface area contributed by atoms with Crippen LogP contribution in [-0.2, 0) is 4.74 Å². The van der Waals surface area contributed by atoms with E-state index in [1.807, 2.05) is 0 Å². The van der Waals surface area contributed by atoms with Crippen molar-refractivity contribution in [3.63, 3.8) is 0 Å². The van der Waals surface area contributed by atoms with E-state index < -0.39 is 0 Å². The van der Waals surface area contributed by atoms with Crippen LogP contribution >= 0.6 is 0 Å². The van der Waals surface area contributed by atoms with Crippen molar-refractivity contribution in [1.82, 2.24) is 10.2 Å². The normalized spacial score (nSPS) is 26.9. The molecule has 1 aliphatic carbocycles. The molecule has 2 atom stereocenters. The molecule has 1 aliphatic heterocycles. The van der Waals surface area contributed by atoms with Gasteiger partial charge in [0.25, 0.3) is 0 Å². The number of nitrogens with one attached hydrogen (secondary N) is 1. The second-order valence-corrected chi connectivity index (χ2v) is 6.45. The molecule has 2 unspecified atom stereocenters. The van der Waals surface area contributed by atoms with Gasteiger partial charge in [-0.25, -0.2) is 0 Å². The summed E-state index contributed by atoms with van der Waals surface area (Å²) in [6, 6.07) is 11.9. The SMILES string of the molecule is CCC1CNC(c2ccccc2)CN1CCOCC1CC1. The van der Waals surface area contributed by atoms with Crippen LogP contribution in [0.3, 0.4) is 0 Å². The lowest BCUT2D eigenvalue weighted by Crippen LogP contribution is -2.53. The average Bonchev–Trinajstić information content (AvgIpc) is 3.36. The van der Waals surface area contributed by atoms with Crippen LogP contribution in [-0.4, -0.2) is 43.8 Å². The molecule has 0 amide bonds. The van der Waals surface area contributed by atoms with Gasteiger partial charge in [0.15, 0.2) is 0 Å². The Hall–Kier alpha value is -0.900. The van der Waals surface area contributed by atoms with Gasteiger partial charge in [-0.15, -0.1) is 0 Å². The van der Waals surface area contributed by atoms with Gasteiger partial charge in [-0.05, 0) is 30.7 Å². The molecule has 3 nitrogen and oxygen atoms in total. The minimum Gasteiger partial charge on any atom is -0.380 e. The predicted octanol–water partition coefficient (Wildman–Crippen LogP) is 2.84. The molecule has 1 saturated carbocycles. The third-order valence-corrected chi connectivity index (χ3v) is 4.78. The summed E-state index contributed by atoms with van der Waals surface area (Å²) in [5, 5.41) is 3.70. The monoisotopic (exact) mass is 288 g/mol. The van der Waals surface area contributed by atoms with Crippen molar-refractivity contribution >= 4 is 0 Å². The average molecular weight is 288 g/mol. The van der Waals surface area contributed by atoms with Crippen molar-refractivity contribution in [2.75, 3.05) is 32.8 Å². The quantitative estimate of drug-likeness (QED) is 0.781. The molecule has 3 rings (SSSR count). The van der Waals surface area contributed by atoms with Gasteiger partial charge in [0, 0.05) is 38.3 Å². The lowest BCUT2D eigenvalue weighted by atomic mass is 10.0. The van der Waals surface area contributed by atoms with Gasteiger partial charge in [0.2, 0.25) is 0 Å². The molecule has 1 N–H and O–H groups in total. The summed E-state index contributed by atoms with van der Waals surface area (Å²) in [5.74, 6) is 0.868. The van der Waals surface area contributed by atoms with E-state index in [0.717, 1.165) is 38.8 Å². The smallest absolute Gasteiger partial charge is 0.0593 e. The number of piperazine rings is 1. The van der Waals surface area contributed by atoms with Gasteiger partial charge in [0.1, 0.15) is 0 Å². The maximum absolute atomic E-state index is 5.83. The van der Waals surface area contributed by atoms with E-state index in [1.165, 1.54) is 24.8 Å². The second-order valence-electron chi connectivity index (χ2n) is 6.45. The second kappa shape index (κ2) is 7.39. The predicted molar refractivity (Wildman–Crippen MR) is 86.4 cm³/mol. The van der Waals surface area contributed by atoms with Crippen molar-refractivity contribution < 1.29 is 4.74 Å². The summed E-state index contributed by atoms with van der Waals surface area (Å²) in [7, 11) is 0. The third kappa shape index (κ3) is 4.29. The van der Waals surface area contributed by atoms with Gasteiger partial charge >= 0.3 is 0 Å². The Morgan fingerprint density at radius 2 is 2.05 bits per heavy atom. The minimum absolute atomic E-state index is 0.456. The number of ether oxygens (including phenoxy) is 1. The maximum Gasteiger partial charge on any atom is 0.0593 e. The molecule has 0 radical (unpaired) electrons. The number of nitrogens with zero attached hydrogens (tertiary/aromatic N) is 1. The van der Waals surface area contributed by atoms with E-state index in [4.69, 9.17) is 4.74 Å². The van der Waals surface area contributed by atoms with Crippen LogP contribution in [0.2, 0.25) is 0 Å². The molecule has 1 aromatic rings. The highest BCUT2D eigenvalue weighted by molar-refractivity contribution is 5.20. The first kappa shape index (κ1) is 15.0. The molecule has 0 spiro atoms. The summed E-state index contributed by atoms with van der Waals surface area (Å²) in [6.45, 7) is 7.39. The van der Waals surface area contributed by atoms with Crippen molar-refractivity contribution in [2.45, 2.75) is 38.3 Å². The molecule has 2 fully saturated rings. The van der Waals surface area contributed by atoms with E-state index >= 15 is 0 Å². The van der Waals surface area contributed by atoms with Crippen molar-refractivity contribution in [2.24, 2.45) is 5.92 Å². The first-order valence-electron chi connectivity index (χ1n) is 8.47. The zero-order chi connectivity index (χ0) is 14.5. The molecule has 3 heteroatoms. The van der Waals surface area contributed by atoms with Crippen LogP contribution in [0.25, 0.3) is 0 Å². The lowest BCUT2D eigenvalue weighted by molar-refractivity contribution is 0.0599. The highest BCUT2D eigenvalue weighted by atomic mass is 16.5. The number of hydrogen-bond donors (Lipinski definition) is 1. The molecular formula is C18H28N2O. The summed E-state index contributed by atoms with van der Waals surface area (Å²) in [6.07, 6.45) is 3.96. The zero-order valence-electron chi connectivity index (χ0n) is 13.1. The molecule has 2 aliphatic rings. The van der Waals surface area contributed by atoms with Gasteiger partial charge < -0.3 is 10.1 Å². The minimum atomic E-state index is 0.456. The van der Waals surface area contributed by atoms with Crippen LogP contribution in [0.5, 0.6) is 0 Å². The third-order valence-electron chi connectivity index (χ3n) is 4.78. The van der Waals surface area contributed by atoms with E-state index in [1.54, 1.807) is 0 Å². The fraction of sp³-hybridized carbons (Fsp3) is 0.667. The van der Waals surface area contributed by atoms with E-state index in [2.05, 4.69) is 47.5 Å². The molecule has 116 valence electrons. The van der Waals surface area contributed by atoms with Crippen LogP contribution in [0.15, 0.2) is 30.3 Å². The molecule has 1 saturated heterocycles. The molecule has 1 heterocycles. The molecule has 21 heavy (non-hydrogen) atoms. The number of rotatable bonds is 7. The molecule has 1 aromatic carbocycles. The highest BCUT2D eigenvalue weighted by Crippen LogP contribution is 2.28. The summed E-state index contributed by atoms with van der Waals surface area (Å²) < 4.78 is 5.83. The van der Waals surface area contributed by atoms with Crippen molar-refractivity contribution in [1.29, 1.82) is 0 Å². The fourth-order valence-corrected chi connectivity index (χ4v) is 3.16. The largest absolute Gasteiger partial charge is 0.380 e. The lowest BCUT2D eigenvalue weighted by Gasteiger charge is -2.40. The van der Waals surface area contributed by atoms with Crippen molar-refractivity contribution in [3.8, 4) is 0 Å². The van der Waals surface area contributed by atoms with Crippen molar-refractivity contribution in [3.05, 3.63) is 35.9 Å². The summed E-state index contributed by atoms with van der Waals surface area (Å²) in [5.41, 5.74) is 1.40. The Morgan fingerprint density at radius 1 is 1.24 bits per heavy atom. The van der Waals surface area contributed by atoms with Crippen LogP contribution < -0.4 is 5.32 Å². The van der Waals surface area contributed by atoms with E-state index in [9.17, 15) is 0 Å². The van der Waals surface area contributed by atoms with Crippen LogP contribution in [0.4, 0.5) is 0 Å². The number of hydrogen-bond acceptors (Lipinski definition) is 3. The fourth-order valence-electron chi connectivity index (χ4n) is 3.16. The van der Waals surface area contributed by atoms with E-state index in [0.29, 0.717) is 12.1 Å². The molecule has 0 bridgehead atoms. The number of benzene rings is 1. The molecule has 0 aromatic heterocycles. The van der Waals surface area contributed by atoms with Crippen LogP contribution in [0.1, 0.15) is 37.8 Å². The summed E-state index contributed by atoms with van der Waals surface area (Å²) in [4.78, 5) is 2.61. The van der Waals surface area contributed by atoms with Gasteiger partial charge in [-0.1, -0.05) is 37.3 Å². The highest BCUT2D eigenvalue weighted by Gasteiger charge is 2.27. The first-order chi connectivity index (χ1) is 10.4. The Kier molecular flexibility index (Phi) is 5.28. The first-order valence-corrected chi connectivity index (χ1v) is 8.47. The van der Waals surface area contributed by atoms with Gasteiger partial charge in [-0.3, -0.25) is 4.90 Å². The van der Waals surface area contributed by atoms with Gasteiger partial charge in [0.05, 0.1) is 6.61 Å². The zero-order valence-corrected chi connectivity index (χ0v) is 13.1. The maximum atomic E-state index is 5.83. The molecular weight excluding hydrogens is 260 g/mol. The Morgan fingerprint density at radius 3 is 2.76 bits per heavy atom. The Bertz CT molecular complexity index is 418. The summed E-state index contributed by atoms with van der Waals surface area (Å²) >= 11 is 0. The Balaban J connectivity index is 1.51. The topological polar surface area (TPSA) is 24.5 Å². The van der Waals surface area contributed by atoms with Crippen LogP contribution in [0, 0.1) is 5.92 Å². The Labute approximate surface area is 128 Å². The van der Waals surface area contributed by atoms with E-state index in [-0.39, 0.29) is 0 Å². The van der Waals surface area contributed by atoms with Gasteiger partial charge in [-0.2, -0.15) is 0 Å².